The lowest BCUT2D eigenvalue weighted by Crippen LogP contribution is -2.16. The number of esters is 1. The molecule has 0 aliphatic rings. The Bertz CT molecular complexity index is 837. The number of ketones is 1. The highest BCUT2D eigenvalue weighted by atomic mass is 35.5. The number of carbonyl (C=O) groups excluding carboxylic acids is 2. The zero-order valence-corrected chi connectivity index (χ0v) is 15.3. The van der Waals surface area contributed by atoms with E-state index in [-0.39, 0.29) is 27.6 Å². The monoisotopic (exact) mass is 379 g/mol. The van der Waals surface area contributed by atoms with Crippen molar-refractivity contribution in [2.45, 2.75) is 0 Å². The molecule has 0 bridgehead atoms. The molecule has 2 N–H and O–H groups in total. The standard InChI is InChI=1S/C18H18ClNO6/c1-23-10-4-5-16(24-2)11(6-10)15(21)9-26-18(22)12-7-13(19)14(20)8-17(12)25-3/h4-8H,9,20H2,1-3H3. The van der Waals surface area contributed by atoms with Crippen molar-refractivity contribution in [1.82, 2.24) is 0 Å². The molecule has 26 heavy (non-hydrogen) atoms. The zero-order chi connectivity index (χ0) is 19.3. The van der Waals surface area contributed by atoms with Gasteiger partial charge in [-0.1, -0.05) is 11.6 Å². The number of halogens is 1. The first kappa shape index (κ1) is 19.4. The Morgan fingerprint density at radius 1 is 0.962 bits per heavy atom. The zero-order valence-electron chi connectivity index (χ0n) is 14.5. The van der Waals surface area contributed by atoms with Gasteiger partial charge in [-0.2, -0.15) is 0 Å². The van der Waals surface area contributed by atoms with Gasteiger partial charge in [-0.25, -0.2) is 4.79 Å². The number of hydrogen-bond donors (Lipinski definition) is 1. The smallest absolute Gasteiger partial charge is 0.342 e. The molecule has 0 aromatic heterocycles. The second kappa shape index (κ2) is 8.44. The Morgan fingerprint density at radius 3 is 2.27 bits per heavy atom. The van der Waals surface area contributed by atoms with E-state index in [1.807, 2.05) is 0 Å². The van der Waals surface area contributed by atoms with E-state index in [0.717, 1.165) is 0 Å². The van der Waals surface area contributed by atoms with Crippen LogP contribution in [0.5, 0.6) is 17.2 Å². The molecule has 0 saturated heterocycles. The lowest BCUT2D eigenvalue weighted by Gasteiger charge is -2.12. The molecule has 2 aromatic rings. The fourth-order valence-corrected chi connectivity index (χ4v) is 2.38. The highest BCUT2D eigenvalue weighted by molar-refractivity contribution is 6.33. The molecule has 2 rings (SSSR count). The molecule has 0 amide bonds. The summed E-state index contributed by atoms with van der Waals surface area (Å²) in [7, 11) is 4.30. The van der Waals surface area contributed by atoms with Crippen molar-refractivity contribution < 1.29 is 28.5 Å². The minimum atomic E-state index is -0.765. The van der Waals surface area contributed by atoms with Gasteiger partial charge in [-0.05, 0) is 24.3 Å². The summed E-state index contributed by atoms with van der Waals surface area (Å²) in [5.74, 6) is -0.190. The maximum atomic E-state index is 12.4. The average Bonchev–Trinajstić information content (AvgIpc) is 2.66. The molecule has 0 saturated carbocycles. The van der Waals surface area contributed by atoms with Gasteiger partial charge in [0, 0.05) is 6.07 Å². The van der Waals surface area contributed by atoms with Crippen LogP contribution in [-0.2, 0) is 4.74 Å². The van der Waals surface area contributed by atoms with Crippen molar-refractivity contribution in [3.8, 4) is 17.2 Å². The molecule has 2 aromatic carbocycles. The number of Topliss-reactive ketones (excluding diaryl/α,β-unsaturated/α-hetero) is 1. The highest BCUT2D eigenvalue weighted by Gasteiger charge is 2.20. The third kappa shape index (κ3) is 4.18. The van der Waals surface area contributed by atoms with Crippen molar-refractivity contribution in [3.63, 3.8) is 0 Å². The van der Waals surface area contributed by atoms with Crippen molar-refractivity contribution >= 4 is 29.0 Å². The van der Waals surface area contributed by atoms with Gasteiger partial charge in [0.1, 0.15) is 22.8 Å². The number of anilines is 1. The van der Waals surface area contributed by atoms with Crippen molar-refractivity contribution in [1.29, 1.82) is 0 Å². The van der Waals surface area contributed by atoms with Crippen LogP contribution in [0.3, 0.4) is 0 Å². The molecule has 0 spiro atoms. The molecule has 7 nitrogen and oxygen atoms in total. The summed E-state index contributed by atoms with van der Waals surface area (Å²) in [4.78, 5) is 24.7. The van der Waals surface area contributed by atoms with Crippen LogP contribution in [0.1, 0.15) is 20.7 Å². The normalized spacial score (nSPS) is 10.2. The van der Waals surface area contributed by atoms with E-state index >= 15 is 0 Å². The van der Waals surface area contributed by atoms with Crippen molar-refractivity contribution in [3.05, 3.63) is 46.5 Å². The summed E-state index contributed by atoms with van der Waals surface area (Å²) in [6, 6.07) is 7.50. The maximum absolute atomic E-state index is 12.4. The van der Waals surface area contributed by atoms with Gasteiger partial charge >= 0.3 is 5.97 Å². The van der Waals surface area contributed by atoms with Crippen LogP contribution in [0.2, 0.25) is 5.02 Å². The number of nitrogen functional groups attached to an aromatic ring is 1. The Balaban J connectivity index is 2.18. The lowest BCUT2D eigenvalue weighted by atomic mass is 10.1. The highest BCUT2D eigenvalue weighted by Crippen LogP contribution is 2.29. The van der Waals surface area contributed by atoms with Gasteiger partial charge < -0.3 is 24.7 Å². The van der Waals surface area contributed by atoms with E-state index < -0.39 is 18.4 Å². The third-order valence-corrected chi connectivity index (χ3v) is 3.91. The number of ether oxygens (including phenoxy) is 4. The summed E-state index contributed by atoms with van der Waals surface area (Å²) in [6.07, 6.45) is 0. The Morgan fingerprint density at radius 2 is 1.65 bits per heavy atom. The Hall–Kier alpha value is -2.93. The largest absolute Gasteiger partial charge is 0.497 e. The number of carbonyl (C=O) groups is 2. The van der Waals surface area contributed by atoms with Crippen LogP contribution >= 0.6 is 11.6 Å². The molecule has 0 aliphatic carbocycles. The van der Waals surface area contributed by atoms with E-state index in [2.05, 4.69) is 0 Å². The number of hydrogen-bond acceptors (Lipinski definition) is 7. The molecule has 0 atom stereocenters. The van der Waals surface area contributed by atoms with Gasteiger partial charge in [0.2, 0.25) is 5.78 Å². The van der Waals surface area contributed by atoms with Gasteiger partial charge in [-0.3, -0.25) is 4.79 Å². The number of nitrogens with two attached hydrogens (primary N) is 1. The Kier molecular flexibility index (Phi) is 6.30. The van der Waals surface area contributed by atoms with E-state index in [1.165, 1.54) is 39.5 Å². The summed E-state index contributed by atoms with van der Waals surface area (Å²) >= 11 is 5.93. The van der Waals surface area contributed by atoms with Gasteiger partial charge in [-0.15, -0.1) is 0 Å². The number of rotatable bonds is 7. The van der Waals surface area contributed by atoms with E-state index in [4.69, 9.17) is 36.3 Å². The van der Waals surface area contributed by atoms with E-state index in [1.54, 1.807) is 12.1 Å². The topological polar surface area (TPSA) is 97.1 Å². The third-order valence-electron chi connectivity index (χ3n) is 3.58. The predicted molar refractivity (Wildman–Crippen MR) is 96.6 cm³/mol. The van der Waals surface area contributed by atoms with Crippen molar-refractivity contribution in [2.24, 2.45) is 0 Å². The van der Waals surface area contributed by atoms with Crippen LogP contribution < -0.4 is 19.9 Å². The lowest BCUT2D eigenvalue weighted by molar-refractivity contribution is 0.0470. The first-order chi connectivity index (χ1) is 12.4. The van der Waals surface area contributed by atoms with Crippen molar-refractivity contribution in [2.75, 3.05) is 33.7 Å². The van der Waals surface area contributed by atoms with Crippen LogP contribution in [0.4, 0.5) is 5.69 Å². The molecule has 0 fully saturated rings. The molecule has 0 heterocycles. The van der Waals surface area contributed by atoms with Crippen LogP contribution in [-0.4, -0.2) is 39.7 Å². The Labute approximate surface area is 155 Å². The average molecular weight is 380 g/mol. The number of methoxy groups -OCH3 is 3. The minimum absolute atomic E-state index is 0.0668. The molecule has 138 valence electrons. The molecular formula is C18H18ClNO6. The molecular weight excluding hydrogens is 362 g/mol. The second-order valence-electron chi connectivity index (χ2n) is 5.14. The summed E-state index contributed by atoms with van der Waals surface area (Å²) in [6.45, 7) is -0.493. The SMILES string of the molecule is COc1ccc(OC)c(C(=O)COC(=O)c2cc(Cl)c(N)cc2OC)c1. The second-order valence-corrected chi connectivity index (χ2v) is 5.55. The van der Waals surface area contributed by atoms with E-state index in [9.17, 15) is 9.59 Å². The first-order valence-corrected chi connectivity index (χ1v) is 7.84. The summed E-state index contributed by atoms with van der Waals surface area (Å²) < 4.78 is 20.4. The molecule has 8 heteroatoms. The first-order valence-electron chi connectivity index (χ1n) is 7.46. The summed E-state index contributed by atoms with van der Waals surface area (Å²) in [5, 5.41) is 0.179. The quantitative estimate of drug-likeness (QED) is 0.448. The van der Waals surface area contributed by atoms with Crippen LogP contribution in [0.15, 0.2) is 30.3 Å². The minimum Gasteiger partial charge on any atom is -0.497 e. The van der Waals surface area contributed by atoms with E-state index in [0.29, 0.717) is 11.5 Å². The van der Waals surface area contributed by atoms with Crippen LogP contribution in [0, 0.1) is 0 Å². The predicted octanol–water partition coefficient (Wildman–Crippen LogP) is 2.99. The van der Waals surface area contributed by atoms with Gasteiger partial charge in [0.15, 0.2) is 6.61 Å². The molecule has 0 aliphatic heterocycles. The molecule has 0 unspecified atom stereocenters. The summed E-state index contributed by atoms with van der Waals surface area (Å²) in [5.41, 5.74) is 6.24. The van der Waals surface area contributed by atoms with Crippen LogP contribution in [0.25, 0.3) is 0 Å². The van der Waals surface area contributed by atoms with Gasteiger partial charge in [0.25, 0.3) is 0 Å². The fourth-order valence-electron chi connectivity index (χ4n) is 2.22. The maximum Gasteiger partial charge on any atom is 0.342 e. The molecule has 0 radical (unpaired) electrons. The number of benzene rings is 2. The van der Waals surface area contributed by atoms with Gasteiger partial charge in [0.05, 0.1) is 37.6 Å². The fraction of sp³-hybridized carbons (Fsp3) is 0.222.